The van der Waals surface area contributed by atoms with Crippen LogP contribution in [0, 0.1) is 0 Å². The Labute approximate surface area is 181 Å². The molecule has 0 radical (unpaired) electrons. The predicted octanol–water partition coefficient (Wildman–Crippen LogP) is 1.30. The number of nitrogens with one attached hydrogen (secondary N) is 1. The van der Waals surface area contributed by atoms with Gasteiger partial charge in [-0.3, -0.25) is 19.7 Å². The van der Waals surface area contributed by atoms with Gasteiger partial charge in [-0.15, -0.1) is 5.10 Å². The highest BCUT2D eigenvalue weighted by atomic mass is 16.2. The molecule has 2 aromatic rings. The molecule has 9 heteroatoms. The first-order valence-electron chi connectivity index (χ1n) is 10.7. The first-order chi connectivity index (χ1) is 14.8. The molecule has 0 saturated carbocycles. The molecule has 2 aliphatic rings. The van der Waals surface area contributed by atoms with Crippen LogP contribution in [0.1, 0.15) is 54.7 Å². The Morgan fingerprint density at radius 2 is 2.06 bits per heavy atom. The summed E-state index contributed by atoms with van der Waals surface area (Å²) in [4.78, 5) is 40.3. The van der Waals surface area contributed by atoms with Gasteiger partial charge < -0.3 is 9.80 Å². The lowest BCUT2D eigenvalue weighted by molar-refractivity contribution is -0.136. The van der Waals surface area contributed by atoms with Crippen LogP contribution >= 0.6 is 0 Å². The number of imide groups is 1. The van der Waals surface area contributed by atoms with Crippen LogP contribution in [0.3, 0.4) is 0 Å². The summed E-state index contributed by atoms with van der Waals surface area (Å²) in [7, 11) is 2.12. The number of aryl methyl sites for hydroxylation is 1. The van der Waals surface area contributed by atoms with E-state index >= 15 is 0 Å². The minimum Gasteiger partial charge on any atom is -0.322 e. The number of hydrogen-bond donors (Lipinski definition) is 1. The first kappa shape index (κ1) is 21.2. The largest absolute Gasteiger partial charge is 0.322 e. The zero-order chi connectivity index (χ0) is 22.1. The van der Waals surface area contributed by atoms with Gasteiger partial charge in [-0.05, 0) is 70.5 Å². The maximum atomic E-state index is 12.8. The lowest BCUT2D eigenvalue weighted by Crippen LogP contribution is -2.52. The highest BCUT2D eigenvalue weighted by Gasteiger charge is 2.39. The fraction of sp³-hybridized carbons (Fsp3) is 0.500. The van der Waals surface area contributed by atoms with Crippen LogP contribution < -0.4 is 5.32 Å². The second-order valence-electron chi connectivity index (χ2n) is 8.57. The predicted molar refractivity (Wildman–Crippen MR) is 113 cm³/mol. The van der Waals surface area contributed by atoms with Crippen molar-refractivity contribution < 1.29 is 14.4 Å². The molecule has 1 fully saturated rings. The summed E-state index contributed by atoms with van der Waals surface area (Å²) in [6.07, 6.45) is 4.38. The van der Waals surface area contributed by atoms with Gasteiger partial charge in [0.15, 0.2) is 0 Å². The van der Waals surface area contributed by atoms with Crippen LogP contribution in [0.2, 0.25) is 0 Å². The second-order valence-corrected chi connectivity index (χ2v) is 8.57. The maximum Gasteiger partial charge on any atom is 0.255 e. The number of nitrogens with zero attached hydrogens (tertiary/aromatic N) is 5. The third-order valence-electron chi connectivity index (χ3n) is 6.14. The van der Waals surface area contributed by atoms with Crippen molar-refractivity contribution in [3.05, 3.63) is 41.2 Å². The number of fused-ring (bicyclic) bond motifs is 1. The third-order valence-corrected chi connectivity index (χ3v) is 6.14. The fourth-order valence-corrected chi connectivity index (χ4v) is 4.01. The van der Waals surface area contributed by atoms with Crippen LogP contribution in [0.25, 0.3) is 5.69 Å². The van der Waals surface area contributed by atoms with Crippen molar-refractivity contribution in [2.24, 2.45) is 0 Å². The number of benzene rings is 1. The molecule has 0 spiro atoms. The van der Waals surface area contributed by atoms with Crippen molar-refractivity contribution in [2.75, 3.05) is 13.6 Å². The first-order valence-corrected chi connectivity index (χ1v) is 10.7. The molecule has 1 aromatic heterocycles. The molecule has 1 unspecified atom stereocenters. The van der Waals surface area contributed by atoms with Gasteiger partial charge in [0.25, 0.3) is 5.91 Å². The van der Waals surface area contributed by atoms with E-state index in [1.165, 1.54) is 0 Å². The van der Waals surface area contributed by atoms with Gasteiger partial charge in [-0.2, -0.15) is 0 Å². The van der Waals surface area contributed by atoms with Gasteiger partial charge in [-0.25, -0.2) is 4.68 Å². The highest BCUT2D eigenvalue weighted by Crippen LogP contribution is 2.29. The van der Waals surface area contributed by atoms with E-state index in [-0.39, 0.29) is 18.2 Å². The molecule has 1 aromatic carbocycles. The van der Waals surface area contributed by atoms with Crippen molar-refractivity contribution in [2.45, 2.75) is 58.2 Å². The Kier molecular flexibility index (Phi) is 5.86. The molecule has 1 saturated heterocycles. The van der Waals surface area contributed by atoms with Crippen LogP contribution in [0.15, 0.2) is 24.4 Å². The summed E-state index contributed by atoms with van der Waals surface area (Å²) < 4.78 is 1.72. The average molecular weight is 425 g/mol. The number of rotatable bonds is 7. The van der Waals surface area contributed by atoms with E-state index in [1.807, 2.05) is 18.3 Å². The smallest absolute Gasteiger partial charge is 0.255 e. The summed E-state index contributed by atoms with van der Waals surface area (Å²) in [5.41, 5.74) is 3.20. The summed E-state index contributed by atoms with van der Waals surface area (Å²) in [6, 6.07) is 5.45. The molecule has 4 rings (SSSR count). The fourth-order valence-electron chi connectivity index (χ4n) is 4.01. The van der Waals surface area contributed by atoms with Crippen molar-refractivity contribution >= 4 is 17.7 Å². The Morgan fingerprint density at radius 1 is 1.26 bits per heavy atom. The molecule has 3 amide bonds. The lowest BCUT2D eigenvalue weighted by Gasteiger charge is -2.29. The van der Waals surface area contributed by atoms with Crippen LogP contribution in [-0.4, -0.2) is 68.2 Å². The van der Waals surface area contributed by atoms with Crippen molar-refractivity contribution in [3.63, 3.8) is 0 Å². The Morgan fingerprint density at radius 3 is 2.81 bits per heavy atom. The van der Waals surface area contributed by atoms with E-state index in [0.29, 0.717) is 24.6 Å². The molecular weight excluding hydrogens is 396 g/mol. The molecule has 3 heterocycles. The Bertz CT molecular complexity index is 1010. The monoisotopic (exact) mass is 424 g/mol. The summed E-state index contributed by atoms with van der Waals surface area (Å²) >= 11 is 0. The van der Waals surface area contributed by atoms with E-state index in [9.17, 15) is 14.4 Å². The van der Waals surface area contributed by atoms with Gasteiger partial charge in [0.1, 0.15) is 6.04 Å². The lowest BCUT2D eigenvalue weighted by atomic mass is 10.0. The minimum atomic E-state index is -0.608. The topological polar surface area (TPSA) is 100 Å². The number of aromatic nitrogens is 3. The van der Waals surface area contributed by atoms with Crippen molar-refractivity contribution in [1.29, 1.82) is 0 Å². The summed E-state index contributed by atoms with van der Waals surface area (Å²) in [5, 5.41) is 10.9. The van der Waals surface area contributed by atoms with Gasteiger partial charge in [0.2, 0.25) is 11.8 Å². The standard InChI is InChI=1S/C22H28N6O3/c1-14(2)26(3)10-4-5-16-13-28(25-24-16)17-6-7-18-15(11-17)12-27(22(18)31)19-8-9-20(29)23-21(19)30/h6-7,11,13-14,19H,4-5,8-10,12H2,1-3H3,(H,23,29,30). The van der Waals surface area contributed by atoms with E-state index in [4.69, 9.17) is 0 Å². The summed E-state index contributed by atoms with van der Waals surface area (Å²) in [5.74, 6) is -0.864. The highest BCUT2D eigenvalue weighted by molar-refractivity contribution is 6.05. The number of hydrogen-bond acceptors (Lipinski definition) is 6. The quantitative estimate of drug-likeness (QED) is 0.673. The van der Waals surface area contributed by atoms with E-state index in [1.54, 1.807) is 15.6 Å². The Hall–Kier alpha value is -3.07. The molecule has 1 atom stereocenters. The third kappa shape index (κ3) is 4.36. The minimum absolute atomic E-state index is 0.176. The molecule has 1 N–H and O–H groups in total. The van der Waals surface area contributed by atoms with Gasteiger partial charge in [-0.1, -0.05) is 5.21 Å². The van der Waals surface area contributed by atoms with Gasteiger partial charge in [0.05, 0.1) is 17.6 Å². The van der Waals surface area contributed by atoms with Crippen molar-refractivity contribution in [1.82, 2.24) is 30.1 Å². The number of amides is 3. The normalized spacial score (nSPS) is 18.8. The molecule has 2 aliphatic heterocycles. The number of carbonyl (C=O) groups is 3. The SMILES string of the molecule is CC(C)N(C)CCCc1cn(-c2ccc3c(c2)CN(C2CCC(=O)NC2=O)C3=O)nn1. The van der Waals surface area contributed by atoms with E-state index in [0.717, 1.165) is 36.3 Å². The van der Waals surface area contributed by atoms with Crippen LogP contribution in [0.4, 0.5) is 0 Å². The number of carbonyl (C=O) groups excluding carboxylic acids is 3. The zero-order valence-corrected chi connectivity index (χ0v) is 18.2. The van der Waals surface area contributed by atoms with E-state index in [2.05, 4.69) is 41.4 Å². The maximum absolute atomic E-state index is 12.8. The molecule has 9 nitrogen and oxygen atoms in total. The van der Waals surface area contributed by atoms with Gasteiger partial charge >= 0.3 is 0 Å². The molecule has 0 aliphatic carbocycles. The zero-order valence-electron chi connectivity index (χ0n) is 18.2. The average Bonchev–Trinajstić information content (AvgIpc) is 3.32. The molecular formula is C22H28N6O3. The molecule has 0 bridgehead atoms. The van der Waals surface area contributed by atoms with Crippen molar-refractivity contribution in [3.8, 4) is 5.69 Å². The summed E-state index contributed by atoms with van der Waals surface area (Å²) in [6.45, 7) is 5.70. The van der Waals surface area contributed by atoms with E-state index < -0.39 is 11.9 Å². The Balaban J connectivity index is 1.44. The number of piperidine rings is 1. The molecule has 31 heavy (non-hydrogen) atoms. The van der Waals surface area contributed by atoms with Crippen LogP contribution in [0.5, 0.6) is 0 Å². The molecule has 164 valence electrons. The van der Waals surface area contributed by atoms with Crippen LogP contribution in [-0.2, 0) is 22.6 Å². The van der Waals surface area contributed by atoms with Gasteiger partial charge in [0, 0.05) is 24.6 Å². The second kappa shape index (κ2) is 8.58.